The largest absolute Gasteiger partial charge is 0.493 e. The molecule has 0 unspecified atom stereocenters. The first kappa shape index (κ1) is 24.3. The van der Waals surface area contributed by atoms with Crippen molar-refractivity contribution in [1.82, 2.24) is 0 Å². The molecule has 0 atom stereocenters. The molecule has 0 radical (unpaired) electrons. The van der Waals surface area contributed by atoms with E-state index in [1.807, 2.05) is 6.07 Å². The molecule has 0 aliphatic heterocycles. The second-order valence-corrected chi connectivity index (χ2v) is 7.01. The predicted molar refractivity (Wildman–Crippen MR) is 123 cm³/mol. The molecular formula is C26H24O8. The number of benzene rings is 3. The van der Waals surface area contributed by atoms with E-state index in [1.165, 1.54) is 33.5 Å². The standard InChI is InChI=1S/C26H24O8/c1-30-22-13-19(14-23(31-2)26(22)32-3)21(27)15-34-24(28)16-33-20-11-9-18(10-12-20)25(29)17-7-5-4-6-8-17/h4-14H,15-16H2,1-3H3. The van der Waals surface area contributed by atoms with Gasteiger partial charge in [-0.15, -0.1) is 0 Å². The molecule has 0 N–H and O–H groups in total. The molecule has 0 bridgehead atoms. The lowest BCUT2D eigenvalue weighted by atomic mass is 10.0. The second kappa shape index (κ2) is 11.5. The lowest BCUT2D eigenvalue weighted by molar-refractivity contribution is -0.144. The van der Waals surface area contributed by atoms with Gasteiger partial charge in [0, 0.05) is 16.7 Å². The van der Waals surface area contributed by atoms with Gasteiger partial charge in [0.15, 0.2) is 30.5 Å². The summed E-state index contributed by atoms with van der Waals surface area (Å²) in [6.07, 6.45) is 0. The van der Waals surface area contributed by atoms with Crippen molar-refractivity contribution in [3.05, 3.63) is 83.4 Å². The van der Waals surface area contributed by atoms with Gasteiger partial charge in [-0.1, -0.05) is 30.3 Å². The highest BCUT2D eigenvalue weighted by atomic mass is 16.6. The van der Waals surface area contributed by atoms with Gasteiger partial charge in [0.2, 0.25) is 11.5 Å². The summed E-state index contributed by atoms with van der Waals surface area (Å²) in [6, 6.07) is 18.3. The summed E-state index contributed by atoms with van der Waals surface area (Å²) in [5, 5.41) is 0. The molecule has 0 spiro atoms. The van der Waals surface area contributed by atoms with Gasteiger partial charge >= 0.3 is 5.97 Å². The van der Waals surface area contributed by atoms with E-state index < -0.39 is 25.0 Å². The normalized spacial score (nSPS) is 10.2. The first-order chi connectivity index (χ1) is 16.5. The van der Waals surface area contributed by atoms with Crippen LogP contribution >= 0.6 is 0 Å². The molecule has 0 fully saturated rings. The maximum absolute atomic E-state index is 12.5. The van der Waals surface area contributed by atoms with Crippen LogP contribution in [-0.2, 0) is 9.53 Å². The molecule has 176 valence electrons. The van der Waals surface area contributed by atoms with Crippen molar-refractivity contribution in [2.24, 2.45) is 0 Å². The van der Waals surface area contributed by atoms with Gasteiger partial charge in [-0.05, 0) is 36.4 Å². The van der Waals surface area contributed by atoms with Gasteiger partial charge in [0.25, 0.3) is 0 Å². The zero-order valence-corrected chi connectivity index (χ0v) is 19.0. The fraction of sp³-hybridized carbons (Fsp3) is 0.192. The third-order valence-corrected chi connectivity index (χ3v) is 4.86. The summed E-state index contributed by atoms with van der Waals surface area (Å²) in [5.41, 5.74) is 1.32. The summed E-state index contributed by atoms with van der Waals surface area (Å²) in [6.45, 7) is -0.875. The van der Waals surface area contributed by atoms with Gasteiger partial charge in [0.05, 0.1) is 21.3 Å². The van der Waals surface area contributed by atoms with Gasteiger partial charge in [0.1, 0.15) is 5.75 Å². The summed E-state index contributed by atoms with van der Waals surface area (Å²) in [7, 11) is 4.33. The van der Waals surface area contributed by atoms with Crippen LogP contribution in [0.3, 0.4) is 0 Å². The van der Waals surface area contributed by atoms with Crippen molar-refractivity contribution in [1.29, 1.82) is 0 Å². The molecule has 8 nitrogen and oxygen atoms in total. The number of Topliss-reactive ketones (excluding diaryl/α,β-unsaturated/α-hetero) is 1. The number of hydrogen-bond donors (Lipinski definition) is 0. The Balaban J connectivity index is 1.53. The molecule has 0 saturated carbocycles. The highest BCUT2D eigenvalue weighted by Gasteiger charge is 2.18. The Hall–Kier alpha value is -4.33. The van der Waals surface area contributed by atoms with E-state index in [9.17, 15) is 14.4 Å². The number of ether oxygens (including phenoxy) is 5. The Kier molecular flexibility index (Phi) is 8.23. The SMILES string of the molecule is COc1cc(C(=O)COC(=O)COc2ccc(C(=O)c3ccccc3)cc2)cc(OC)c1OC. The first-order valence-corrected chi connectivity index (χ1v) is 10.3. The molecule has 8 heteroatoms. The zero-order valence-electron chi connectivity index (χ0n) is 19.0. The van der Waals surface area contributed by atoms with Gasteiger partial charge in [-0.2, -0.15) is 0 Å². The van der Waals surface area contributed by atoms with Crippen LogP contribution in [0.15, 0.2) is 66.7 Å². The van der Waals surface area contributed by atoms with Crippen molar-refractivity contribution < 1.29 is 38.1 Å². The smallest absolute Gasteiger partial charge is 0.344 e. The van der Waals surface area contributed by atoms with E-state index in [0.29, 0.717) is 34.1 Å². The Morgan fingerprint density at radius 1 is 0.676 bits per heavy atom. The van der Waals surface area contributed by atoms with E-state index in [0.717, 1.165) is 0 Å². The molecule has 34 heavy (non-hydrogen) atoms. The molecular weight excluding hydrogens is 440 g/mol. The number of ketones is 2. The predicted octanol–water partition coefficient (Wildman–Crippen LogP) is 3.75. The van der Waals surface area contributed by atoms with Gasteiger partial charge < -0.3 is 23.7 Å². The van der Waals surface area contributed by atoms with E-state index in [1.54, 1.807) is 48.5 Å². The topological polar surface area (TPSA) is 97.4 Å². The molecule has 0 heterocycles. The second-order valence-electron chi connectivity index (χ2n) is 7.01. The van der Waals surface area contributed by atoms with E-state index >= 15 is 0 Å². The number of esters is 1. The minimum absolute atomic E-state index is 0.114. The third-order valence-electron chi connectivity index (χ3n) is 4.86. The number of methoxy groups -OCH3 is 3. The Morgan fingerprint density at radius 2 is 1.26 bits per heavy atom. The summed E-state index contributed by atoms with van der Waals surface area (Å²) in [4.78, 5) is 36.9. The monoisotopic (exact) mass is 464 g/mol. The average molecular weight is 464 g/mol. The average Bonchev–Trinajstić information content (AvgIpc) is 2.89. The lowest BCUT2D eigenvalue weighted by Crippen LogP contribution is -2.19. The molecule has 3 rings (SSSR count). The van der Waals surface area contributed by atoms with E-state index in [2.05, 4.69) is 0 Å². The maximum Gasteiger partial charge on any atom is 0.344 e. The van der Waals surface area contributed by atoms with Crippen molar-refractivity contribution >= 4 is 17.5 Å². The minimum atomic E-state index is -0.717. The minimum Gasteiger partial charge on any atom is -0.493 e. The van der Waals surface area contributed by atoms with Crippen LogP contribution in [0, 0.1) is 0 Å². The van der Waals surface area contributed by atoms with Crippen LogP contribution in [0.2, 0.25) is 0 Å². The lowest BCUT2D eigenvalue weighted by Gasteiger charge is -2.13. The highest BCUT2D eigenvalue weighted by molar-refractivity contribution is 6.09. The summed E-state index contributed by atoms with van der Waals surface area (Å²) < 4.78 is 26.1. The maximum atomic E-state index is 12.5. The van der Waals surface area contributed by atoms with Crippen LogP contribution in [0.5, 0.6) is 23.0 Å². The number of carbonyl (C=O) groups is 3. The molecule has 0 amide bonds. The van der Waals surface area contributed by atoms with E-state index in [4.69, 9.17) is 23.7 Å². The fourth-order valence-corrected chi connectivity index (χ4v) is 3.11. The molecule has 0 aromatic heterocycles. The quantitative estimate of drug-likeness (QED) is 0.313. The van der Waals surface area contributed by atoms with E-state index in [-0.39, 0.29) is 11.3 Å². The molecule has 3 aromatic rings. The van der Waals surface area contributed by atoms with Crippen LogP contribution in [0.4, 0.5) is 0 Å². The van der Waals surface area contributed by atoms with Crippen molar-refractivity contribution in [2.45, 2.75) is 0 Å². The van der Waals surface area contributed by atoms with Crippen LogP contribution < -0.4 is 18.9 Å². The summed E-state index contributed by atoms with van der Waals surface area (Å²) >= 11 is 0. The molecule has 3 aromatic carbocycles. The van der Waals surface area contributed by atoms with Crippen LogP contribution in [0.1, 0.15) is 26.3 Å². The highest BCUT2D eigenvalue weighted by Crippen LogP contribution is 2.38. The third kappa shape index (κ3) is 5.92. The Bertz CT molecular complexity index is 1130. The van der Waals surface area contributed by atoms with Crippen LogP contribution in [-0.4, -0.2) is 52.1 Å². The Labute approximate surface area is 197 Å². The summed E-state index contributed by atoms with van der Waals surface area (Å²) in [5.74, 6) is 0.0857. The Morgan fingerprint density at radius 3 is 1.82 bits per heavy atom. The zero-order chi connectivity index (χ0) is 24.5. The van der Waals surface area contributed by atoms with Gasteiger partial charge in [-0.3, -0.25) is 9.59 Å². The number of hydrogen-bond acceptors (Lipinski definition) is 8. The molecule has 0 saturated heterocycles. The first-order valence-electron chi connectivity index (χ1n) is 10.3. The van der Waals surface area contributed by atoms with Crippen molar-refractivity contribution in [3.63, 3.8) is 0 Å². The number of rotatable bonds is 11. The molecule has 0 aliphatic rings. The van der Waals surface area contributed by atoms with Gasteiger partial charge in [-0.25, -0.2) is 4.79 Å². The number of carbonyl (C=O) groups excluding carboxylic acids is 3. The molecule has 0 aliphatic carbocycles. The van der Waals surface area contributed by atoms with Crippen LogP contribution in [0.25, 0.3) is 0 Å². The fourth-order valence-electron chi connectivity index (χ4n) is 3.11. The van der Waals surface area contributed by atoms with Crippen molar-refractivity contribution in [3.8, 4) is 23.0 Å². The van der Waals surface area contributed by atoms with Crippen molar-refractivity contribution in [2.75, 3.05) is 34.5 Å².